The quantitative estimate of drug-likeness (QED) is 0.0759. The van der Waals surface area contributed by atoms with Crippen molar-refractivity contribution in [1.82, 2.24) is 0 Å². The topological polar surface area (TPSA) is 55.8 Å². The molecule has 8 heteroatoms. The Morgan fingerprint density at radius 1 is 0.912 bits per heavy atom. The molecular weight excluding hydrogens is 511 g/mol. The summed E-state index contributed by atoms with van der Waals surface area (Å²) >= 11 is 17.7. The maximum Gasteiger partial charge on any atom is 0.341 e. The third kappa shape index (κ3) is 15.2. The van der Waals surface area contributed by atoms with Crippen LogP contribution in [0.15, 0.2) is 23.8 Å². The number of carboxylic acid groups (broad SMARTS) is 1. The highest BCUT2D eigenvalue weighted by Crippen LogP contribution is 2.30. The minimum absolute atomic E-state index is 0.384. The lowest BCUT2D eigenvalue weighted by Crippen LogP contribution is -2.07. The summed E-state index contributed by atoms with van der Waals surface area (Å²) in [6, 6.07) is 3.64. The summed E-state index contributed by atoms with van der Waals surface area (Å²) in [4.78, 5) is 11.7. The fraction of sp³-hybridized carbons (Fsp3) is 0.654. The summed E-state index contributed by atoms with van der Waals surface area (Å²) in [5, 5.41) is 9.63. The SMILES string of the molecule is CCCCCCCCCCOc1cc(/C=C(\CCCCCC[Si](Cl)(Cl)Cl)C(=O)O)ccc1OC. The Hall–Kier alpha value is -0.883. The first kappa shape index (κ1) is 31.1. The molecule has 1 aromatic rings. The van der Waals surface area contributed by atoms with E-state index < -0.39 is 12.0 Å². The summed E-state index contributed by atoms with van der Waals surface area (Å²) < 4.78 is 11.4. The molecule has 0 unspecified atom stereocenters. The molecule has 0 saturated carbocycles. The van der Waals surface area contributed by atoms with Crippen molar-refractivity contribution in [2.45, 2.75) is 96.4 Å². The van der Waals surface area contributed by atoms with Crippen LogP contribution in [0.1, 0.15) is 96.0 Å². The minimum atomic E-state index is -2.56. The van der Waals surface area contributed by atoms with E-state index in [4.69, 9.17) is 42.7 Å². The fourth-order valence-corrected chi connectivity index (χ4v) is 5.60. The van der Waals surface area contributed by atoms with Crippen LogP contribution in [0.4, 0.5) is 0 Å². The number of benzene rings is 1. The number of hydrogen-bond acceptors (Lipinski definition) is 3. The molecule has 1 N–H and O–H groups in total. The van der Waals surface area contributed by atoms with E-state index in [-0.39, 0.29) is 0 Å². The van der Waals surface area contributed by atoms with Gasteiger partial charge in [0.2, 0.25) is 0 Å². The second-order valence-electron chi connectivity index (χ2n) is 8.74. The molecule has 0 aliphatic rings. The highest BCUT2D eigenvalue weighted by atomic mass is 35.8. The lowest BCUT2D eigenvalue weighted by Gasteiger charge is -2.12. The summed E-state index contributed by atoms with van der Waals surface area (Å²) in [5.41, 5.74) is 1.18. The molecule has 0 aromatic heterocycles. The van der Waals surface area contributed by atoms with Crippen LogP contribution in [-0.2, 0) is 4.79 Å². The van der Waals surface area contributed by atoms with E-state index in [0.717, 1.165) is 44.1 Å². The van der Waals surface area contributed by atoms with Gasteiger partial charge in [-0.2, -0.15) is 0 Å². The number of carboxylic acids is 1. The first-order valence-electron chi connectivity index (χ1n) is 12.6. The Balaban J connectivity index is 2.54. The minimum Gasteiger partial charge on any atom is -0.493 e. The molecule has 0 fully saturated rings. The molecule has 1 rings (SSSR count). The summed E-state index contributed by atoms with van der Waals surface area (Å²) in [6.07, 6.45) is 15.7. The van der Waals surface area contributed by atoms with Crippen LogP contribution in [0.25, 0.3) is 6.08 Å². The number of halogens is 3. The van der Waals surface area contributed by atoms with Gasteiger partial charge in [0.1, 0.15) is 0 Å². The van der Waals surface area contributed by atoms with Crippen molar-refractivity contribution in [3.8, 4) is 11.5 Å². The predicted octanol–water partition coefficient (Wildman–Crippen LogP) is 9.29. The molecule has 194 valence electrons. The highest BCUT2D eigenvalue weighted by molar-refractivity contribution is 7.64. The van der Waals surface area contributed by atoms with Gasteiger partial charge in [-0.1, -0.05) is 77.2 Å². The molecule has 1 aromatic carbocycles. The van der Waals surface area contributed by atoms with Crippen LogP contribution in [0.2, 0.25) is 6.04 Å². The smallest absolute Gasteiger partial charge is 0.341 e. The van der Waals surface area contributed by atoms with E-state index in [1.165, 1.54) is 38.5 Å². The Kier molecular flexibility index (Phi) is 16.9. The van der Waals surface area contributed by atoms with Gasteiger partial charge in [0.25, 0.3) is 0 Å². The van der Waals surface area contributed by atoms with Crippen molar-refractivity contribution in [2.24, 2.45) is 0 Å². The number of methoxy groups -OCH3 is 1. The van der Waals surface area contributed by atoms with E-state index in [2.05, 4.69) is 6.92 Å². The number of hydrogen-bond donors (Lipinski definition) is 1. The molecule has 4 nitrogen and oxygen atoms in total. The molecule has 0 atom stereocenters. The van der Waals surface area contributed by atoms with Gasteiger partial charge < -0.3 is 14.6 Å². The third-order valence-corrected chi connectivity index (χ3v) is 8.34. The highest BCUT2D eigenvalue weighted by Gasteiger charge is 2.23. The van der Waals surface area contributed by atoms with Gasteiger partial charge in [0, 0.05) is 5.57 Å². The van der Waals surface area contributed by atoms with Gasteiger partial charge >= 0.3 is 12.0 Å². The fourth-order valence-electron chi connectivity index (χ4n) is 3.75. The number of carbonyl (C=O) groups is 1. The molecule has 0 amide bonds. The van der Waals surface area contributed by atoms with Crippen LogP contribution in [-0.4, -0.2) is 30.8 Å². The van der Waals surface area contributed by atoms with Gasteiger partial charge in [-0.15, -0.1) is 33.2 Å². The second-order valence-corrected chi connectivity index (χ2v) is 18.0. The monoisotopic (exact) mass is 550 g/mol. The maximum absolute atomic E-state index is 11.7. The van der Waals surface area contributed by atoms with Crippen LogP contribution < -0.4 is 9.47 Å². The summed E-state index contributed by atoms with van der Waals surface area (Å²) in [6.45, 7) is 2.86. The van der Waals surface area contributed by atoms with Crippen molar-refractivity contribution in [3.63, 3.8) is 0 Å². The lowest BCUT2D eigenvalue weighted by atomic mass is 10.0. The number of unbranched alkanes of at least 4 members (excludes halogenated alkanes) is 10. The molecule has 34 heavy (non-hydrogen) atoms. The second kappa shape index (κ2) is 18.4. The van der Waals surface area contributed by atoms with Crippen molar-refractivity contribution < 1.29 is 19.4 Å². The van der Waals surface area contributed by atoms with Crippen LogP contribution in [0.3, 0.4) is 0 Å². The van der Waals surface area contributed by atoms with E-state index in [0.29, 0.717) is 36.1 Å². The van der Waals surface area contributed by atoms with E-state index in [1.807, 2.05) is 18.2 Å². The predicted molar refractivity (Wildman–Crippen MR) is 148 cm³/mol. The van der Waals surface area contributed by atoms with Gasteiger partial charge in [0.15, 0.2) is 11.5 Å². The normalized spacial score (nSPS) is 12.1. The summed E-state index contributed by atoms with van der Waals surface area (Å²) in [5.74, 6) is 0.414. The van der Waals surface area contributed by atoms with Crippen LogP contribution in [0.5, 0.6) is 11.5 Å². The first-order chi connectivity index (χ1) is 16.3. The van der Waals surface area contributed by atoms with E-state index in [9.17, 15) is 9.90 Å². The average Bonchev–Trinajstić information content (AvgIpc) is 2.78. The van der Waals surface area contributed by atoms with E-state index in [1.54, 1.807) is 13.2 Å². The van der Waals surface area contributed by atoms with Crippen LogP contribution >= 0.6 is 33.2 Å². The van der Waals surface area contributed by atoms with Crippen molar-refractivity contribution in [2.75, 3.05) is 13.7 Å². The molecule has 0 heterocycles. The Labute approximate surface area is 221 Å². The zero-order chi connectivity index (χ0) is 25.2. The maximum atomic E-state index is 11.7. The zero-order valence-electron chi connectivity index (χ0n) is 20.7. The lowest BCUT2D eigenvalue weighted by molar-refractivity contribution is -0.132. The number of aliphatic carboxylic acids is 1. The molecule has 0 radical (unpaired) electrons. The van der Waals surface area contributed by atoms with Crippen LogP contribution in [0, 0.1) is 0 Å². The molecular formula is C26H41Cl3O4Si. The first-order valence-corrected chi connectivity index (χ1v) is 17.8. The van der Waals surface area contributed by atoms with E-state index >= 15 is 0 Å². The molecule has 0 saturated heterocycles. The number of ether oxygens (including phenoxy) is 2. The summed E-state index contributed by atoms with van der Waals surface area (Å²) in [7, 11) is 1.61. The molecule has 0 aliphatic carbocycles. The average molecular weight is 552 g/mol. The molecule has 0 spiro atoms. The number of rotatable bonds is 20. The van der Waals surface area contributed by atoms with Crippen molar-refractivity contribution in [1.29, 1.82) is 0 Å². The Bertz CT molecular complexity index is 735. The standard InChI is InChI=1S/C26H41Cl3O4Si/c1-3-4-5-6-7-8-10-13-18-33-25-21-22(16-17-24(25)32-2)20-23(26(30)31)15-12-9-11-14-19-34(27,28)29/h16-17,20-21H,3-15,18-19H2,1-2H3,(H,30,31)/b23-20+. The largest absolute Gasteiger partial charge is 0.493 e. The van der Waals surface area contributed by atoms with Gasteiger partial charge in [-0.3, -0.25) is 0 Å². The van der Waals surface area contributed by atoms with Crippen molar-refractivity contribution >= 4 is 51.3 Å². The third-order valence-electron chi connectivity index (χ3n) is 5.72. The Morgan fingerprint density at radius 2 is 1.53 bits per heavy atom. The van der Waals surface area contributed by atoms with Gasteiger partial charge in [-0.05, 0) is 49.1 Å². The van der Waals surface area contributed by atoms with Gasteiger partial charge in [0.05, 0.1) is 13.7 Å². The Morgan fingerprint density at radius 3 is 2.15 bits per heavy atom. The van der Waals surface area contributed by atoms with Gasteiger partial charge in [-0.25, -0.2) is 4.79 Å². The zero-order valence-corrected chi connectivity index (χ0v) is 24.0. The van der Waals surface area contributed by atoms with Crippen molar-refractivity contribution in [3.05, 3.63) is 29.3 Å². The molecule has 0 aliphatic heterocycles. The molecule has 0 bridgehead atoms.